The highest BCUT2D eigenvalue weighted by molar-refractivity contribution is 6.33. The van der Waals surface area contributed by atoms with E-state index in [9.17, 15) is 9.18 Å². The van der Waals surface area contributed by atoms with Crippen LogP contribution in [-0.4, -0.2) is 18.5 Å². The molecule has 0 spiro atoms. The number of halogens is 2. The van der Waals surface area contributed by atoms with E-state index in [1.54, 1.807) is 6.07 Å². The third-order valence-electron chi connectivity index (χ3n) is 2.82. The summed E-state index contributed by atoms with van der Waals surface area (Å²) in [6.45, 7) is 0.683. The molecular weight excluding hydrogens is 243 g/mol. The molecule has 2 rings (SSSR count). The summed E-state index contributed by atoms with van der Waals surface area (Å²) < 4.78 is 13.6. The van der Waals surface area contributed by atoms with Crippen LogP contribution in [0.25, 0.3) is 0 Å². The molecule has 0 saturated carbocycles. The van der Waals surface area contributed by atoms with E-state index in [1.807, 2.05) is 0 Å². The Morgan fingerprint density at radius 1 is 1.41 bits per heavy atom. The summed E-state index contributed by atoms with van der Waals surface area (Å²) in [4.78, 5) is 11.7. The molecule has 1 aromatic carbocycles. The van der Waals surface area contributed by atoms with Crippen molar-refractivity contribution < 1.29 is 9.18 Å². The number of carbonyl (C=O) groups is 1. The molecule has 1 fully saturated rings. The number of anilines is 1. The van der Waals surface area contributed by atoms with E-state index in [-0.39, 0.29) is 11.6 Å². The Labute approximate surface area is 104 Å². The molecule has 1 saturated heterocycles. The maximum absolute atomic E-state index is 13.6. The maximum atomic E-state index is 13.6. The lowest BCUT2D eigenvalue weighted by Crippen LogP contribution is -2.38. The average Bonchev–Trinajstić information content (AvgIpc) is 2.49. The number of benzene rings is 1. The van der Waals surface area contributed by atoms with Crippen LogP contribution in [-0.2, 0) is 4.79 Å². The van der Waals surface area contributed by atoms with E-state index in [4.69, 9.17) is 11.6 Å². The van der Waals surface area contributed by atoms with Crippen LogP contribution in [0.3, 0.4) is 0 Å². The average molecular weight is 257 g/mol. The number of nitrogens with one attached hydrogen (secondary N) is 2. The molecule has 1 amide bonds. The predicted molar refractivity (Wildman–Crippen MR) is 65.7 cm³/mol. The normalized spacial score (nSPS) is 20.6. The van der Waals surface area contributed by atoms with Crippen molar-refractivity contribution in [3.63, 3.8) is 0 Å². The molecule has 3 nitrogen and oxygen atoms in total. The fourth-order valence-corrected chi connectivity index (χ4v) is 2.10. The van der Waals surface area contributed by atoms with E-state index in [1.165, 1.54) is 12.1 Å². The smallest absolute Gasteiger partial charge is 0.242 e. The van der Waals surface area contributed by atoms with Crippen molar-refractivity contribution in [3.8, 4) is 0 Å². The molecule has 1 heterocycles. The molecule has 1 unspecified atom stereocenters. The summed E-state index contributed by atoms with van der Waals surface area (Å²) in [5.41, 5.74) is 0.205. The van der Waals surface area contributed by atoms with Crippen LogP contribution in [0.1, 0.15) is 19.3 Å². The monoisotopic (exact) mass is 256 g/mol. The molecule has 1 aliphatic rings. The summed E-state index contributed by atoms with van der Waals surface area (Å²) in [5, 5.41) is 5.97. The Kier molecular flexibility index (Phi) is 3.84. The molecule has 1 aromatic rings. The zero-order valence-corrected chi connectivity index (χ0v) is 10.1. The van der Waals surface area contributed by atoms with Crippen molar-refractivity contribution in [2.24, 2.45) is 0 Å². The fraction of sp³-hybridized carbons (Fsp3) is 0.417. The number of hydrogen-bond acceptors (Lipinski definition) is 2. The predicted octanol–water partition coefficient (Wildman–Crippen LogP) is 2.56. The van der Waals surface area contributed by atoms with Crippen molar-refractivity contribution in [1.82, 2.24) is 5.32 Å². The van der Waals surface area contributed by atoms with Gasteiger partial charge in [-0.25, -0.2) is 4.39 Å². The van der Waals surface area contributed by atoms with E-state index < -0.39 is 11.9 Å². The fourth-order valence-electron chi connectivity index (χ4n) is 1.89. The summed E-state index contributed by atoms with van der Waals surface area (Å²) in [6.07, 6.45) is 2.58. The lowest BCUT2D eigenvalue weighted by atomic mass is 10.1. The van der Waals surface area contributed by atoms with Crippen LogP contribution in [0.15, 0.2) is 18.2 Å². The molecule has 1 aliphatic heterocycles. The zero-order chi connectivity index (χ0) is 12.3. The van der Waals surface area contributed by atoms with Crippen molar-refractivity contribution >= 4 is 23.2 Å². The second kappa shape index (κ2) is 5.36. The SMILES string of the molecule is O=C1NCCCCC1Nc1c(F)cccc1Cl. The van der Waals surface area contributed by atoms with Gasteiger partial charge < -0.3 is 10.6 Å². The highest BCUT2D eigenvalue weighted by Gasteiger charge is 2.22. The standard InChI is InChI=1S/C12H14ClFN2O/c13-8-4-3-5-9(14)11(8)16-10-6-1-2-7-15-12(10)17/h3-5,10,16H,1-2,6-7H2,(H,15,17). The second-order valence-corrected chi connectivity index (χ2v) is 4.49. The van der Waals surface area contributed by atoms with Crippen LogP contribution in [0, 0.1) is 5.82 Å². The van der Waals surface area contributed by atoms with Crippen molar-refractivity contribution in [2.45, 2.75) is 25.3 Å². The van der Waals surface area contributed by atoms with Gasteiger partial charge in [0.2, 0.25) is 5.91 Å². The molecule has 0 aromatic heterocycles. The van der Waals surface area contributed by atoms with Gasteiger partial charge in [0.1, 0.15) is 11.9 Å². The van der Waals surface area contributed by atoms with E-state index in [2.05, 4.69) is 10.6 Å². The van der Waals surface area contributed by atoms with Gasteiger partial charge in [0, 0.05) is 6.54 Å². The second-order valence-electron chi connectivity index (χ2n) is 4.08. The highest BCUT2D eigenvalue weighted by Crippen LogP contribution is 2.26. The van der Waals surface area contributed by atoms with Crippen LogP contribution in [0.5, 0.6) is 0 Å². The summed E-state index contributed by atoms with van der Waals surface area (Å²) in [5.74, 6) is -0.531. The third-order valence-corrected chi connectivity index (χ3v) is 3.13. The van der Waals surface area contributed by atoms with E-state index in [0.717, 1.165) is 12.8 Å². The molecule has 0 radical (unpaired) electrons. The summed E-state index contributed by atoms with van der Waals surface area (Å²) in [6, 6.07) is 4.05. The van der Waals surface area contributed by atoms with Crippen LogP contribution < -0.4 is 10.6 Å². The largest absolute Gasteiger partial charge is 0.370 e. The molecule has 5 heteroatoms. The number of rotatable bonds is 2. The molecule has 0 aliphatic carbocycles. The number of hydrogen-bond donors (Lipinski definition) is 2. The minimum Gasteiger partial charge on any atom is -0.370 e. The van der Waals surface area contributed by atoms with Crippen molar-refractivity contribution in [2.75, 3.05) is 11.9 Å². The minimum atomic E-state index is -0.436. The Morgan fingerprint density at radius 2 is 2.24 bits per heavy atom. The van der Waals surface area contributed by atoms with Gasteiger partial charge in [0.25, 0.3) is 0 Å². The number of amides is 1. The molecule has 92 valence electrons. The summed E-state index contributed by atoms with van der Waals surface area (Å²) in [7, 11) is 0. The van der Waals surface area contributed by atoms with Crippen LogP contribution >= 0.6 is 11.6 Å². The minimum absolute atomic E-state index is 0.0955. The van der Waals surface area contributed by atoms with Gasteiger partial charge in [-0.1, -0.05) is 17.7 Å². The van der Waals surface area contributed by atoms with Crippen molar-refractivity contribution in [3.05, 3.63) is 29.0 Å². The zero-order valence-electron chi connectivity index (χ0n) is 9.30. The van der Waals surface area contributed by atoms with Gasteiger partial charge in [-0.15, -0.1) is 0 Å². The van der Waals surface area contributed by atoms with Gasteiger partial charge in [-0.3, -0.25) is 4.79 Å². The van der Waals surface area contributed by atoms with Gasteiger partial charge in [0.05, 0.1) is 10.7 Å². The van der Waals surface area contributed by atoms with Gasteiger partial charge in [-0.05, 0) is 31.4 Å². The first-order valence-electron chi connectivity index (χ1n) is 5.67. The maximum Gasteiger partial charge on any atom is 0.242 e. The topological polar surface area (TPSA) is 41.1 Å². The van der Waals surface area contributed by atoms with E-state index in [0.29, 0.717) is 18.0 Å². The quantitative estimate of drug-likeness (QED) is 0.854. The van der Waals surface area contributed by atoms with Gasteiger partial charge in [0.15, 0.2) is 0 Å². The first kappa shape index (κ1) is 12.2. The third kappa shape index (κ3) is 2.88. The molecule has 0 bridgehead atoms. The Balaban J connectivity index is 2.16. The van der Waals surface area contributed by atoms with Gasteiger partial charge >= 0.3 is 0 Å². The number of para-hydroxylation sites is 1. The lowest BCUT2D eigenvalue weighted by Gasteiger charge is -2.17. The first-order valence-corrected chi connectivity index (χ1v) is 6.04. The molecule has 2 N–H and O–H groups in total. The lowest BCUT2D eigenvalue weighted by molar-refractivity contribution is -0.121. The molecular formula is C12H14ClFN2O. The summed E-state index contributed by atoms with van der Waals surface area (Å²) >= 11 is 5.90. The highest BCUT2D eigenvalue weighted by atomic mass is 35.5. The Bertz CT molecular complexity index is 405. The van der Waals surface area contributed by atoms with Crippen LogP contribution in [0.2, 0.25) is 5.02 Å². The molecule has 17 heavy (non-hydrogen) atoms. The Morgan fingerprint density at radius 3 is 3.00 bits per heavy atom. The van der Waals surface area contributed by atoms with Crippen molar-refractivity contribution in [1.29, 1.82) is 0 Å². The Hall–Kier alpha value is -1.29. The number of carbonyl (C=O) groups excluding carboxylic acids is 1. The van der Waals surface area contributed by atoms with E-state index >= 15 is 0 Å². The first-order chi connectivity index (χ1) is 8.18. The molecule has 1 atom stereocenters. The van der Waals surface area contributed by atoms with Gasteiger partial charge in [-0.2, -0.15) is 0 Å². The van der Waals surface area contributed by atoms with Crippen LogP contribution in [0.4, 0.5) is 10.1 Å².